The molecule has 3 N–H and O–H groups in total. The molecule has 8 heterocycles. The summed E-state index contributed by atoms with van der Waals surface area (Å²) in [7, 11) is 1.96. The molecule has 2 saturated heterocycles. The lowest BCUT2D eigenvalue weighted by Crippen LogP contribution is -2.49. The van der Waals surface area contributed by atoms with Crippen LogP contribution in [0, 0.1) is 24.1 Å². The molecule has 2 fully saturated rings. The zero-order valence-electron chi connectivity index (χ0n) is 42.2. The predicted molar refractivity (Wildman–Crippen MR) is 274 cm³/mol. The van der Waals surface area contributed by atoms with Gasteiger partial charge in [0, 0.05) is 66.6 Å². The highest BCUT2D eigenvalue weighted by molar-refractivity contribution is 6.34. The van der Waals surface area contributed by atoms with Gasteiger partial charge in [0.1, 0.15) is 42.7 Å². The van der Waals surface area contributed by atoms with Gasteiger partial charge in [0.05, 0.1) is 56.9 Å². The molecular weight excluding hydrogens is 1000 g/mol. The van der Waals surface area contributed by atoms with Crippen LogP contribution in [-0.2, 0) is 40.1 Å². The highest BCUT2D eigenvalue weighted by Gasteiger charge is 2.39. The van der Waals surface area contributed by atoms with Gasteiger partial charge >= 0.3 is 18.2 Å². The predicted octanol–water partition coefficient (Wildman–Crippen LogP) is 8.10. The molecule has 1 amide bonds. The summed E-state index contributed by atoms with van der Waals surface area (Å²) in [6.45, 7) is 14.5. The summed E-state index contributed by atoms with van der Waals surface area (Å²) < 4.78 is 79.1. The van der Waals surface area contributed by atoms with Gasteiger partial charge in [-0.05, 0) is 87.3 Å². The van der Waals surface area contributed by atoms with Crippen molar-refractivity contribution in [1.82, 2.24) is 34.3 Å². The van der Waals surface area contributed by atoms with Crippen molar-refractivity contribution in [1.29, 1.82) is 5.26 Å². The number of pyridine rings is 3. The van der Waals surface area contributed by atoms with Crippen LogP contribution in [0.5, 0.6) is 11.8 Å². The largest absolute Gasteiger partial charge is 0.489 e. The van der Waals surface area contributed by atoms with E-state index in [4.69, 9.17) is 41.8 Å². The Balaban J connectivity index is 0.00000144. The number of rotatable bonds is 10. The second-order valence-electron chi connectivity index (χ2n) is 18.2. The maximum atomic E-state index is 16.9. The third-order valence-electron chi connectivity index (χ3n) is 13.7. The van der Waals surface area contributed by atoms with E-state index in [1.54, 1.807) is 33.7 Å². The number of carbonyl (C=O) groups is 2. The molecule has 4 aliphatic heterocycles. The first kappa shape index (κ1) is 53.9. The number of nitrogen functional groups attached to an aromatic ring is 1. The molecule has 4 aliphatic rings. The molecule has 6 aromatic rings. The van der Waals surface area contributed by atoms with E-state index in [0.29, 0.717) is 29.1 Å². The molecule has 0 radical (unpaired) electrons. The molecule has 2 aromatic carbocycles. The average molecular weight is 1060 g/mol. The molecule has 0 spiro atoms. The summed E-state index contributed by atoms with van der Waals surface area (Å²) in [6, 6.07) is 11.0. The molecule has 22 heteroatoms. The van der Waals surface area contributed by atoms with Crippen LogP contribution in [-0.4, -0.2) is 110 Å². The van der Waals surface area contributed by atoms with Crippen LogP contribution in [0.15, 0.2) is 53.3 Å². The number of anilines is 2. The fourth-order valence-electron chi connectivity index (χ4n) is 10.0. The number of piperazine rings is 1. The van der Waals surface area contributed by atoms with Gasteiger partial charge in [-0.3, -0.25) is 9.59 Å². The number of aryl methyl sites for hydroxylation is 2. The highest BCUT2D eigenvalue weighted by Crippen LogP contribution is 2.45. The first-order valence-electron chi connectivity index (χ1n) is 24.4. The van der Waals surface area contributed by atoms with Crippen molar-refractivity contribution < 1.29 is 46.5 Å². The monoisotopic (exact) mass is 1050 g/mol. The number of fused-ring (bicyclic) bond motifs is 6. The van der Waals surface area contributed by atoms with Crippen molar-refractivity contribution in [2.24, 2.45) is 0 Å². The molecule has 10 rings (SSSR count). The minimum Gasteiger partial charge on any atom is -0.489 e. The molecule has 0 aliphatic carbocycles. The van der Waals surface area contributed by atoms with Crippen molar-refractivity contribution >= 4 is 56.9 Å². The Labute approximate surface area is 434 Å². The molecule has 4 aromatic heterocycles. The van der Waals surface area contributed by atoms with Crippen LogP contribution in [0.2, 0.25) is 5.02 Å². The van der Waals surface area contributed by atoms with Gasteiger partial charge < -0.3 is 44.3 Å². The summed E-state index contributed by atoms with van der Waals surface area (Å²) in [6.07, 6.45) is -4.06. The van der Waals surface area contributed by atoms with Crippen LogP contribution >= 0.6 is 11.6 Å². The zero-order chi connectivity index (χ0) is 54.2. The summed E-state index contributed by atoms with van der Waals surface area (Å²) >= 11 is 6.67. The number of alkyl halides is 3. The van der Waals surface area contributed by atoms with Crippen LogP contribution in [0.25, 0.3) is 44.5 Å². The van der Waals surface area contributed by atoms with E-state index >= 15 is 4.39 Å². The summed E-state index contributed by atoms with van der Waals surface area (Å²) in [5.74, 6) is -1.89. The summed E-state index contributed by atoms with van der Waals surface area (Å²) in [5, 5.41) is 18.4. The lowest BCUT2D eigenvalue weighted by molar-refractivity contribution is -0.157. The van der Waals surface area contributed by atoms with E-state index in [0.717, 1.165) is 42.0 Å². The third kappa shape index (κ3) is 10.3. The number of ether oxygens (including phenoxy) is 3. The number of benzene rings is 2. The molecule has 75 heavy (non-hydrogen) atoms. The fraction of sp³-hybridized carbons (Fsp3) is 0.396. The summed E-state index contributed by atoms with van der Waals surface area (Å²) in [5.41, 5.74) is 6.54. The van der Waals surface area contributed by atoms with E-state index in [1.807, 2.05) is 38.8 Å². The average Bonchev–Trinajstić information content (AvgIpc) is 3.97. The van der Waals surface area contributed by atoms with E-state index in [-0.39, 0.29) is 126 Å². The summed E-state index contributed by atoms with van der Waals surface area (Å²) in [4.78, 5) is 62.9. The number of nitrogens with zero attached hydrogens (tertiary/aromatic N) is 9. The Kier molecular flexibility index (Phi) is 15.7. The number of esters is 1. The third-order valence-corrected chi connectivity index (χ3v) is 14.0. The van der Waals surface area contributed by atoms with Crippen LogP contribution in [0.4, 0.5) is 29.2 Å². The Morgan fingerprint density at radius 2 is 1.73 bits per heavy atom. The molecule has 2 unspecified atom stereocenters. The number of likely N-dealkylation sites (N-methyl/N-ethyl adjacent to an activating group) is 1. The number of aliphatic hydroxyl groups excluding tert-OH is 1. The van der Waals surface area contributed by atoms with Gasteiger partial charge in [0.2, 0.25) is 0 Å². The minimum absolute atomic E-state index is 0.0444. The molecule has 17 nitrogen and oxygen atoms in total. The number of carbonyl (C=O) groups excluding carboxylic acids is 2. The molecule has 2 atom stereocenters. The SMILES string of the molecule is C=C(COc1ccc2nc3c(c(CC)c2c1)Cn1c-3cc2c(c1=O)COC(=O)C2O)C(=O)N1CCN(c2nc(OCC3CCCN3C)nc3c(F)c(-c4nc(N)cc(C)c4C(F)(F)F)c(Cl)cc23)CC1.CC.CC#N. The Bertz CT molecular complexity index is 3370. The van der Waals surface area contributed by atoms with E-state index in [9.17, 15) is 32.7 Å². The normalized spacial score (nSPS) is 17.0. The van der Waals surface area contributed by atoms with Gasteiger partial charge in [-0.15, -0.1) is 0 Å². The second kappa shape index (κ2) is 21.8. The topological polar surface area (TPSA) is 215 Å². The number of hydrogen-bond acceptors (Lipinski definition) is 15. The quantitative estimate of drug-likeness (QED) is 0.0752. The van der Waals surface area contributed by atoms with E-state index in [1.165, 1.54) is 19.9 Å². The standard InChI is InChI=1S/C49H46ClF4N9O7.C2H3N.C2H6/c1-5-27-28-16-26(8-9-34(28)56-40-31(27)19-63-35(40)18-29-32(46(63)66)22-69-47(67)43(29)64)68-20-24(3)45(65)62-13-11-61(12-14-62)44-30-17-33(50)37(42-38(49(52,53)54)23(2)15-36(55)57-42)39(51)41(30)58-48(59-44)70-21-25-7-6-10-60(25)4;1-2-3;1-2/h8-9,15-18,25,43,64H,3,5-7,10-14,19-22H2,1-2,4H3,(H2,55,57);1H3;1-2H3. The smallest absolute Gasteiger partial charge is 0.418 e. The van der Waals surface area contributed by atoms with Gasteiger partial charge in [-0.2, -0.15) is 28.4 Å². The number of halogens is 5. The van der Waals surface area contributed by atoms with Gasteiger partial charge in [0.25, 0.3) is 11.5 Å². The lowest BCUT2D eigenvalue weighted by Gasteiger charge is -2.36. The number of nitrogens with two attached hydrogens (primary N) is 1. The van der Waals surface area contributed by atoms with Crippen molar-refractivity contribution in [3.8, 4) is 40.5 Å². The van der Waals surface area contributed by atoms with Crippen LogP contribution < -0.4 is 25.7 Å². The zero-order valence-corrected chi connectivity index (χ0v) is 43.0. The molecule has 0 bridgehead atoms. The van der Waals surface area contributed by atoms with Crippen molar-refractivity contribution in [3.63, 3.8) is 0 Å². The van der Waals surface area contributed by atoms with E-state index < -0.39 is 40.9 Å². The van der Waals surface area contributed by atoms with Crippen LogP contribution in [0.3, 0.4) is 0 Å². The highest BCUT2D eigenvalue weighted by atomic mass is 35.5. The minimum atomic E-state index is -4.92. The maximum Gasteiger partial charge on any atom is 0.418 e. The van der Waals surface area contributed by atoms with Crippen molar-refractivity contribution in [2.45, 2.75) is 85.4 Å². The second-order valence-corrected chi connectivity index (χ2v) is 18.6. The van der Waals surface area contributed by atoms with E-state index in [2.05, 4.69) is 26.4 Å². The van der Waals surface area contributed by atoms with Gasteiger partial charge in [-0.1, -0.05) is 39.0 Å². The van der Waals surface area contributed by atoms with Crippen molar-refractivity contribution in [3.05, 3.63) is 103 Å². The molecule has 0 saturated carbocycles. The lowest BCUT2D eigenvalue weighted by atomic mass is 9.97. The van der Waals surface area contributed by atoms with Gasteiger partial charge in [0.15, 0.2) is 11.9 Å². The number of nitriles is 1. The Hall–Kier alpha value is -7.41. The van der Waals surface area contributed by atoms with Crippen molar-refractivity contribution in [2.75, 3.05) is 63.6 Å². The fourth-order valence-corrected chi connectivity index (χ4v) is 10.3. The first-order valence-corrected chi connectivity index (χ1v) is 24.8. The Morgan fingerprint density at radius 1 is 1.01 bits per heavy atom. The number of aromatic nitrogens is 5. The molecular formula is C53H55ClF4N10O7. The Morgan fingerprint density at radius 3 is 2.40 bits per heavy atom. The number of hydrogen-bond donors (Lipinski definition) is 2. The first-order chi connectivity index (χ1) is 35.8. The van der Waals surface area contributed by atoms with Gasteiger partial charge in [-0.25, -0.2) is 19.2 Å². The number of aliphatic hydroxyl groups is 1. The number of amides is 1. The maximum absolute atomic E-state index is 16.9. The molecule has 394 valence electrons. The number of cyclic esters (lactones) is 1. The van der Waals surface area contributed by atoms with Crippen LogP contribution in [0.1, 0.15) is 80.0 Å². The number of likely N-dealkylation sites (tertiary alicyclic amines) is 1.